The fraction of sp³-hybridized carbons (Fsp3) is 0.667. The van der Waals surface area contributed by atoms with Crippen LogP contribution in [0.3, 0.4) is 0 Å². The lowest BCUT2D eigenvalue weighted by Gasteiger charge is -2.20. The molecule has 0 heterocycles. The Morgan fingerprint density at radius 1 is 1.15 bits per heavy atom. The molecule has 0 amide bonds. The first-order valence-corrected chi connectivity index (χ1v) is 8.21. The standard InChI is InChI=1S/C18H25NO/c1-3-15(11-6-8-14(20-2)9-7-11)19-18-16-12-4-5-13(10-12)17(16)18/h6-9,12-13,15-19H,3-5,10H2,1-2H3. The van der Waals surface area contributed by atoms with Gasteiger partial charge in [-0.2, -0.15) is 0 Å². The van der Waals surface area contributed by atoms with Gasteiger partial charge in [0.1, 0.15) is 5.75 Å². The minimum absolute atomic E-state index is 0.510. The van der Waals surface area contributed by atoms with Crippen molar-refractivity contribution in [3.8, 4) is 5.75 Å². The van der Waals surface area contributed by atoms with E-state index in [1.807, 2.05) is 0 Å². The predicted molar refractivity (Wildman–Crippen MR) is 80.8 cm³/mol. The number of rotatable bonds is 5. The topological polar surface area (TPSA) is 21.3 Å². The van der Waals surface area contributed by atoms with Crippen LogP contribution in [0.1, 0.15) is 44.2 Å². The molecule has 5 atom stereocenters. The minimum atomic E-state index is 0.510. The molecule has 4 rings (SSSR count). The summed E-state index contributed by atoms with van der Waals surface area (Å²) in [7, 11) is 1.73. The Balaban J connectivity index is 1.44. The Hall–Kier alpha value is -1.02. The first-order chi connectivity index (χ1) is 9.81. The van der Waals surface area contributed by atoms with Crippen molar-refractivity contribution < 1.29 is 4.74 Å². The van der Waals surface area contributed by atoms with Gasteiger partial charge in [-0.1, -0.05) is 19.1 Å². The normalized spacial score (nSPS) is 38.6. The van der Waals surface area contributed by atoms with Crippen molar-refractivity contribution in [2.75, 3.05) is 7.11 Å². The minimum Gasteiger partial charge on any atom is -0.497 e. The van der Waals surface area contributed by atoms with Crippen LogP contribution in [0.15, 0.2) is 24.3 Å². The largest absolute Gasteiger partial charge is 0.497 e. The van der Waals surface area contributed by atoms with Crippen LogP contribution >= 0.6 is 0 Å². The second-order valence-electron chi connectivity index (χ2n) is 6.91. The Morgan fingerprint density at radius 3 is 2.35 bits per heavy atom. The van der Waals surface area contributed by atoms with Crippen molar-refractivity contribution in [2.45, 2.75) is 44.7 Å². The molecule has 0 spiro atoms. The monoisotopic (exact) mass is 271 g/mol. The van der Waals surface area contributed by atoms with Gasteiger partial charge in [0.15, 0.2) is 0 Å². The molecule has 0 aliphatic heterocycles. The highest BCUT2D eigenvalue weighted by atomic mass is 16.5. The lowest BCUT2D eigenvalue weighted by Crippen LogP contribution is -2.27. The summed E-state index contributed by atoms with van der Waals surface area (Å²) in [5, 5.41) is 3.96. The van der Waals surface area contributed by atoms with Gasteiger partial charge in [-0.3, -0.25) is 0 Å². The highest BCUT2D eigenvalue weighted by molar-refractivity contribution is 5.30. The molecule has 0 aromatic heterocycles. The number of hydrogen-bond donors (Lipinski definition) is 1. The second-order valence-corrected chi connectivity index (χ2v) is 6.91. The average molecular weight is 271 g/mol. The molecule has 2 heteroatoms. The highest BCUT2D eigenvalue weighted by Crippen LogP contribution is 2.65. The third kappa shape index (κ3) is 1.88. The third-order valence-corrected chi connectivity index (χ3v) is 6.06. The van der Waals surface area contributed by atoms with E-state index in [-0.39, 0.29) is 0 Å². The molecule has 0 radical (unpaired) electrons. The molecular weight excluding hydrogens is 246 g/mol. The van der Waals surface area contributed by atoms with Gasteiger partial charge in [0.2, 0.25) is 0 Å². The molecular formula is C18H25NO. The number of fused-ring (bicyclic) bond motifs is 5. The lowest BCUT2D eigenvalue weighted by molar-refractivity contribution is 0.409. The molecule has 5 unspecified atom stereocenters. The Morgan fingerprint density at radius 2 is 1.80 bits per heavy atom. The van der Waals surface area contributed by atoms with E-state index in [1.54, 1.807) is 7.11 Å². The van der Waals surface area contributed by atoms with Crippen LogP contribution in [0.2, 0.25) is 0 Å². The van der Waals surface area contributed by atoms with Crippen molar-refractivity contribution in [1.82, 2.24) is 5.32 Å². The smallest absolute Gasteiger partial charge is 0.118 e. The molecule has 3 aliphatic carbocycles. The number of ether oxygens (including phenoxy) is 1. The van der Waals surface area contributed by atoms with E-state index in [4.69, 9.17) is 4.74 Å². The van der Waals surface area contributed by atoms with E-state index >= 15 is 0 Å². The zero-order valence-electron chi connectivity index (χ0n) is 12.5. The molecule has 1 aromatic rings. The molecule has 1 N–H and O–H groups in total. The van der Waals surface area contributed by atoms with E-state index < -0.39 is 0 Å². The van der Waals surface area contributed by atoms with E-state index in [1.165, 1.54) is 24.8 Å². The van der Waals surface area contributed by atoms with Crippen molar-refractivity contribution in [2.24, 2.45) is 23.7 Å². The molecule has 3 aliphatic rings. The summed E-state index contributed by atoms with van der Waals surface area (Å²) < 4.78 is 5.25. The van der Waals surface area contributed by atoms with Crippen LogP contribution in [0.25, 0.3) is 0 Å². The summed E-state index contributed by atoms with van der Waals surface area (Å²) in [5.41, 5.74) is 1.41. The number of methoxy groups -OCH3 is 1. The fourth-order valence-electron chi connectivity index (χ4n) is 5.07. The number of benzene rings is 1. The van der Waals surface area contributed by atoms with E-state index in [2.05, 4.69) is 36.5 Å². The summed E-state index contributed by atoms with van der Waals surface area (Å²) in [6.45, 7) is 2.29. The predicted octanol–water partition coefficient (Wildman–Crippen LogP) is 3.78. The zero-order valence-corrected chi connectivity index (χ0v) is 12.5. The molecule has 2 nitrogen and oxygen atoms in total. The average Bonchev–Trinajstić information content (AvgIpc) is 2.87. The summed E-state index contributed by atoms with van der Waals surface area (Å²) in [5.74, 6) is 5.08. The van der Waals surface area contributed by atoms with E-state index in [0.29, 0.717) is 6.04 Å². The van der Waals surface area contributed by atoms with Crippen LogP contribution in [0.5, 0.6) is 5.75 Å². The van der Waals surface area contributed by atoms with Gasteiger partial charge < -0.3 is 10.1 Å². The van der Waals surface area contributed by atoms with Crippen LogP contribution in [0, 0.1) is 23.7 Å². The molecule has 1 aromatic carbocycles. The third-order valence-electron chi connectivity index (χ3n) is 6.06. The van der Waals surface area contributed by atoms with Gasteiger partial charge >= 0.3 is 0 Å². The Labute approximate surface area is 121 Å². The van der Waals surface area contributed by atoms with Crippen LogP contribution < -0.4 is 10.1 Å². The van der Waals surface area contributed by atoms with Crippen molar-refractivity contribution in [1.29, 1.82) is 0 Å². The van der Waals surface area contributed by atoms with Gasteiger partial charge in [0.05, 0.1) is 7.11 Å². The van der Waals surface area contributed by atoms with Crippen molar-refractivity contribution in [3.05, 3.63) is 29.8 Å². The molecule has 0 saturated heterocycles. The quantitative estimate of drug-likeness (QED) is 0.880. The van der Waals surface area contributed by atoms with Gasteiger partial charge in [0.25, 0.3) is 0 Å². The number of nitrogens with one attached hydrogen (secondary N) is 1. The van der Waals surface area contributed by atoms with Gasteiger partial charge in [-0.15, -0.1) is 0 Å². The lowest BCUT2D eigenvalue weighted by atomic mass is 10.0. The fourth-order valence-corrected chi connectivity index (χ4v) is 5.07. The first-order valence-electron chi connectivity index (χ1n) is 8.21. The summed E-state index contributed by atoms with van der Waals surface area (Å²) in [6, 6.07) is 9.91. The molecule has 20 heavy (non-hydrogen) atoms. The highest BCUT2D eigenvalue weighted by Gasteiger charge is 2.64. The first kappa shape index (κ1) is 12.7. The van der Waals surface area contributed by atoms with Crippen LogP contribution in [0.4, 0.5) is 0 Å². The molecule has 3 fully saturated rings. The van der Waals surface area contributed by atoms with Gasteiger partial charge in [-0.05, 0) is 67.1 Å². The Kier molecular flexibility index (Phi) is 3.03. The summed E-state index contributed by atoms with van der Waals surface area (Å²) >= 11 is 0. The van der Waals surface area contributed by atoms with Gasteiger partial charge in [0, 0.05) is 12.1 Å². The summed E-state index contributed by atoms with van der Waals surface area (Å²) in [6.07, 6.45) is 5.71. The van der Waals surface area contributed by atoms with Crippen LogP contribution in [-0.4, -0.2) is 13.2 Å². The van der Waals surface area contributed by atoms with Gasteiger partial charge in [-0.25, -0.2) is 0 Å². The zero-order chi connectivity index (χ0) is 13.7. The maximum Gasteiger partial charge on any atom is 0.118 e. The molecule has 2 bridgehead atoms. The maximum atomic E-state index is 5.25. The second kappa shape index (κ2) is 4.77. The number of hydrogen-bond acceptors (Lipinski definition) is 2. The SMILES string of the molecule is CCC(NC1C2C3CCC(C3)C12)c1ccc(OC)cc1. The Bertz CT molecular complexity index is 467. The van der Waals surface area contributed by atoms with Crippen LogP contribution in [-0.2, 0) is 0 Å². The van der Waals surface area contributed by atoms with E-state index in [9.17, 15) is 0 Å². The summed E-state index contributed by atoms with van der Waals surface area (Å²) in [4.78, 5) is 0. The maximum absolute atomic E-state index is 5.25. The van der Waals surface area contributed by atoms with Crippen molar-refractivity contribution in [3.63, 3.8) is 0 Å². The molecule has 108 valence electrons. The van der Waals surface area contributed by atoms with Crippen molar-refractivity contribution >= 4 is 0 Å². The van der Waals surface area contributed by atoms with E-state index in [0.717, 1.165) is 41.9 Å². The molecule has 3 saturated carbocycles.